The van der Waals surface area contributed by atoms with Crippen LogP contribution < -0.4 is 5.32 Å². The Labute approximate surface area is 97.8 Å². The number of nitriles is 1. The van der Waals surface area contributed by atoms with Gasteiger partial charge in [0.2, 0.25) is 0 Å². The number of hydrogen-bond donors (Lipinski definition) is 1. The molecule has 0 unspecified atom stereocenters. The highest BCUT2D eigenvalue weighted by atomic mass is 19.1. The van der Waals surface area contributed by atoms with Gasteiger partial charge in [-0.05, 0) is 24.3 Å². The molecule has 2 aromatic rings. The molecule has 0 spiro atoms. The lowest BCUT2D eigenvalue weighted by Crippen LogP contribution is -2.04. The summed E-state index contributed by atoms with van der Waals surface area (Å²) in [5.74, 6) is 0.122. The zero-order chi connectivity index (χ0) is 12.1. The first kappa shape index (κ1) is 11.0. The molecule has 0 atom stereocenters. The normalized spacial score (nSPS) is 9.65. The Balaban J connectivity index is 2.08. The maximum atomic E-state index is 13.5. The molecule has 1 heterocycles. The quantitative estimate of drug-likeness (QED) is 0.873. The molecule has 0 aliphatic heterocycles. The van der Waals surface area contributed by atoms with Crippen molar-refractivity contribution >= 4 is 5.69 Å². The average Bonchev–Trinajstić information content (AvgIpc) is 2.38. The number of rotatable bonds is 3. The highest BCUT2D eigenvalue weighted by molar-refractivity contribution is 5.48. The summed E-state index contributed by atoms with van der Waals surface area (Å²) in [5, 5.41) is 11.5. The van der Waals surface area contributed by atoms with Crippen molar-refractivity contribution in [2.45, 2.75) is 6.54 Å². The predicted octanol–water partition coefficient (Wildman–Crippen LogP) is 2.10. The van der Waals surface area contributed by atoms with Crippen LogP contribution in [0.4, 0.5) is 10.1 Å². The summed E-state index contributed by atoms with van der Waals surface area (Å²) in [7, 11) is 0. The van der Waals surface area contributed by atoms with Crippen LogP contribution in [0.25, 0.3) is 0 Å². The van der Waals surface area contributed by atoms with Crippen molar-refractivity contribution in [3.63, 3.8) is 0 Å². The molecule has 0 aliphatic carbocycles. The third-order valence-electron chi connectivity index (χ3n) is 2.15. The van der Waals surface area contributed by atoms with Gasteiger partial charge in [-0.2, -0.15) is 5.26 Å². The largest absolute Gasteiger partial charge is 0.375 e. The van der Waals surface area contributed by atoms with Gasteiger partial charge in [0.1, 0.15) is 11.6 Å². The maximum Gasteiger partial charge on any atom is 0.147 e. The zero-order valence-corrected chi connectivity index (χ0v) is 8.89. The van der Waals surface area contributed by atoms with Gasteiger partial charge in [0.15, 0.2) is 0 Å². The number of anilines is 1. The van der Waals surface area contributed by atoms with E-state index in [0.717, 1.165) is 0 Å². The van der Waals surface area contributed by atoms with Crippen LogP contribution in [-0.2, 0) is 6.54 Å². The van der Waals surface area contributed by atoms with Crippen molar-refractivity contribution in [2.24, 2.45) is 0 Å². The van der Waals surface area contributed by atoms with Crippen LogP contribution in [0, 0.1) is 17.1 Å². The van der Waals surface area contributed by atoms with Gasteiger partial charge in [-0.1, -0.05) is 0 Å². The standard InChI is InChI=1S/C12H9FN4/c13-10-6-9(7-14)2-3-11(10)17-8-12-15-4-1-5-16-12/h1-6,17H,8H2. The Morgan fingerprint density at radius 3 is 2.71 bits per heavy atom. The van der Waals surface area contributed by atoms with E-state index in [1.165, 1.54) is 12.1 Å². The molecule has 0 fully saturated rings. The molecule has 0 radical (unpaired) electrons. The van der Waals surface area contributed by atoms with Gasteiger partial charge in [0, 0.05) is 12.4 Å². The van der Waals surface area contributed by atoms with Crippen molar-refractivity contribution in [3.05, 3.63) is 53.9 Å². The molecule has 17 heavy (non-hydrogen) atoms. The minimum Gasteiger partial charge on any atom is -0.375 e. The predicted molar refractivity (Wildman–Crippen MR) is 60.5 cm³/mol. The van der Waals surface area contributed by atoms with Gasteiger partial charge >= 0.3 is 0 Å². The smallest absolute Gasteiger partial charge is 0.147 e. The molecule has 0 bridgehead atoms. The van der Waals surface area contributed by atoms with Crippen LogP contribution in [0.1, 0.15) is 11.4 Å². The molecule has 4 nitrogen and oxygen atoms in total. The van der Waals surface area contributed by atoms with E-state index in [4.69, 9.17) is 5.26 Å². The van der Waals surface area contributed by atoms with Gasteiger partial charge in [-0.15, -0.1) is 0 Å². The molecular weight excluding hydrogens is 219 g/mol. The molecule has 0 saturated carbocycles. The molecule has 84 valence electrons. The number of hydrogen-bond acceptors (Lipinski definition) is 4. The monoisotopic (exact) mass is 228 g/mol. The molecule has 0 saturated heterocycles. The van der Waals surface area contributed by atoms with Gasteiger partial charge in [0.05, 0.1) is 23.9 Å². The molecule has 1 aromatic carbocycles. The van der Waals surface area contributed by atoms with E-state index in [1.54, 1.807) is 24.5 Å². The molecule has 2 rings (SSSR count). The number of halogens is 1. The molecule has 0 amide bonds. The SMILES string of the molecule is N#Cc1ccc(NCc2ncccn2)c(F)c1. The van der Waals surface area contributed by atoms with Gasteiger partial charge in [-0.3, -0.25) is 0 Å². The summed E-state index contributed by atoms with van der Waals surface area (Å²) >= 11 is 0. The Bertz CT molecular complexity index is 548. The molecule has 5 heteroatoms. The Morgan fingerprint density at radius 1 is 1.29 bits per heavy atom. The van der Waals surface area contributed by atoms with Crippen LogP contribution >= 0.6 is 0 Å². The molecule has 1 N–H and O–H groups in total. The Morgan fingerprint density at radius 2 is 2.06 bits per heavy atom. The first-order valence-electron chi connectivity index (χ1n) is 4.99. The number of aromatic nitrogens is 2. The van der Waals surface area contributed by atoms with Gasteiger partial charge in [-0.25, -0.2) is 14.4 Å². The van der Waals surface area contributed by atoms with Gasteiger partial charge in [0.25, 0.3) is 0 Å². The second-order valence-electron chi connectivity index (χ2n) is 3.33. The van der Waals surface area contributed by atoms with Crippen LogP contribution in [0.5, 0.6) is 0 Å². The lowest BCUT2D eigenvalue weighted by atomic mass is 10.2. The fraction of sp³-hybridized carbons (Fsp3) is 0.0833. The first-order valence-corrected chi connectivity index (χ1v) is 4.99. The summed E-state index contributed by atoms with van der Waals surface area (Å²) in [6.07, 6.45) is 3.25. The fourth-order valence-electron chi connectivity index (χ4n) is 1.32. The van der Waals surface area contributed by atoms with Crippen molar-refractivity contribution in [2.75, 3.05) is 5.32 Å². The second-order valence-corrected chi connectivity index (χ2v) is 3.33. The number of nitrogens with zero attached hydrogens (tertiary/aromatic N) is 3. The van der Waals surface area contributed by atoms with E-state index in [1.807, 2.05) is 6.07 Å². The maximum absolute atomic E-state index is 13.5. The minimum absolute atomic E-state index is 0.295. The lowest BCUT2D eigenvalue weighted by Gasteiger charge is -2.06. The Kier molecular flexibility index (Phi) is 3.26. The van der Waals surface area contributed by atoms with Crippen molar-refractivity contribution in [1.82, 2.24) is 9.97 Å². The summed E-state index contributed by atoms with van der Waals surface area (Å²) in [6.45, 7) is 0.337. The summed E-state index contributed by atoms with van der Waals surface area (Å²) in [5.41, 5.74) is 0.625. The molecule has 0 aliphatic rings. The second kappa shape index (κ2) is 5.03. The Hall–Kier alpha value is -2.48. The highest BCUT2D eigenvalue weighted by Crippen LogP contribution is 2.15. The third kappa shape index (κ3) is 2.75. The first-order chi connectivity index (χ1) is 8.29. The summed E-state index contributed by atoms with van der Waals surface area (Å²) in [4.78, 5) is 8.02. The number of nitrogens with one attached hydrogen (secondary N) is 1. The van der Waals surface area contributed by atoms with Gasteiger partial charge < -0.3 is 5.32 Å². The van der Waals surface area contributed by atoms with Crippen molar-refractivity contribution in [1.29, 1.82) is 5.26 Å². The van der Waals surface area contributed by atoms with Crippen molar-refractivity contribution < 1.29 is 4.39 Å². The van der Waals surface area contributed by atoms with E-state index in [2.05, 4.69) is 15.3 Å². The average molecular weight is 228 g/mol. The van der Waals surface area contributed by atoms with Crippen LogP contribution in [0.3, 0.4) is 0 Å². The molecule has 1 aromatic heterocycles. The van der Waals surface area contributed by atoms with Crippen LogP contribution in [0.2, 0.25) is 0 Å². The third-order valence-corrected chi connectivity index (χ3v) is 2.15. The van der Waals surface area contributed by atoms with Crippen molar-refractivity contribution in [3.8, 4) is 6.07 Å². The molecular formula is C12H9FN4. The van der Waals surface area contributed by atoms with E-state index >= 15 is 0 Å². The number of benzene rings is 1. The zero-order valence-electron chi connectivity index (χ0n) is 8.89. The fourth-order valence-corrected chi connectivity index (χ4v) is 1.32. The van der Waals surface area contributed by atoms with E-state index in [9.17, 15) is 4.39 Å². The summed E-state index contributed by atoms with van der Waals surface area (Å²) < 4.78 is 13.5. The topological polar surface area (TPSA) is 61.6 Å². The van der Waals surface area contributed by atoms with E-state index < -0.39 is 5.82 Å². The van der Waals surface area contributed by atoms with E-state index in [-0.39, 0.29) is 0 Å². The van der Waals surface area contributed by atoms with E-state index in [0.29, 0.717) is 23.6 Å². The highest BCUT2D eigenvalue weighted by Gasteiger charge is 2.03. The lowest BCUT2D eigenvalue weighted by molar-refractivity contribution is 0.629. The van der Waals surface area contributed by atoms with Crippen LogP contribution in [0.15, 0.2) is 36.7 Å². The van der Waals surface area contributed by atoms with Crippen LogP contribution in [-0.4, -0.2) is 9.97 Å². The minimum atomic E-state index is -0.458. The summed E-state index contributed by atoms with van der Waals surface area (Å²) in [6, 6.07) is 7.86.